The average Bonchev–Trinajstić information content (AvgIpc) is 0.782. The standard InChI is InChI=1S/C86H150O44/c1-3-5-7-9-11-13-15-17-19-23-30-85(42-118-77(115)68(108)57(97)49(28-33-88)122-79(117)67(107)56(96)48(95)27-32-87,43-119-78(116)69(109)58(98)50(29-34-89)123-82-70(110)62(102)59(99)51(37-90)124-82)35-46-25-21-22-26-47(46)36-86(31-24-20-18-16-14-12-10-8-6-4-2,44-120-80-73(113)65(105)75(54(40-93)127-80)129-83-71(111)63(103)60(100)52(38-91)125-83)45-121-81-74(114)66(106)76(55(41-94)128-81)130-84-72(112)64(104)61(101)53(39-92)126-84/h21-22,25-26,48-55,59-66,70-84,87-117H,3-20,23-24,27-45H2,1-2H3/b67-56-,68-57+,69-58-/t48-,49-,50-,51?,52?,53?,54?,55?,59-,60-,61-,62?,63?,64?,65?,66?,70?,71?,72?,73?,74?,75-,76-,77+,78+,79+,80-,81-,82-,83-,84+,85?,86?/m1/s1. The molecule has 0 radical (unpaired) electrons. The van der Waals surface area contributed by atoms with Gasteiger partial charge in [0, 0.05) is 49.9 Å². The van der Waals surface area contributed by atoms with Crippen LogP contribution in [0.15, 0.2) is 58.8 Å². The van der Waals surface area contributed by atoms with Gasteiger partial charge in [-0.1, -0.05) is 167 Å². The third-order valence-corrected chi connectivity index (χ3v) is 24.5. The van der Waals surface area contributed by atoms with Gasteiger partial charge >= 0.3 is 0 Å². The van der Waals surface area contributed by atoms with Crippen molar-refractivity contribution in [2.75, 3.05) is 79.3 Å². The van der Waals surface area contributed by atoms with Crippen molar-refractivity contribution in [3.8, 4) is 0 Å². The highest BCUT2D eigenvalue weighted by Crippen LogP contribution is 2.42. The number of unbranched alkanes of at least 4 members (excludes halogenated alkanes) is 18. The minimum atomic E-state index is -2.65. The Kier molecular flexibility index (Phi) is 51.5. The lowest BCUT2D eigenvalue weighted by atomic mass is 9.73. The summed E-state index contributed by atoms with van der Waals surface area (Å²) in [5.74, 6) is -8.15. The second-order valence-corrected chi connectivity index (χ2v) is 34.6. The summed E-state index contributed by atoms with van der Waals surface area (Å²) in [5.41, 5.74) is -2.67. The van der Waals surface area contributed by atoms with Gasteiger partial charge in [-0.15, -0.1) is 0 Å². The number of aliphatic hydroxyl groups is 31. The van der Waals surface area contributed by atoms with E-state index in [0.29, 0.717) is 43.2 Å². The summed E-state index contributed by atoms with van der Waals surface area (Å²) in [7, 11) is 0. The molecule has 758 valence electrons. The summed E-state index contributed by atoms with van der Waals surface area (Å²) in [5, 5.41) is 340. The minimum absolute atomic E-state index is 0.0316. The minimum Gasteiger partial charge on any atom is -0.506 e. The van der Waals surface area contributed by atoms with Crippen molar-refractivity contribution < 1.29 is 220 Å². The third kappa shape index (κ3) is 33.0. The van der Waals surface area contributed by atoms with Crippen molar-refractivity contribution >= 4 is 0 Å². The first-order valence-corrected chi connectivity index (χ1v) is 45.3. The molecular formula is C86H150O44. The van der Waals surface area contributed by atoms with E-state index in [1.165, 1.54) is 0 Å². The zero-order valence-electron chi connectivity index (χ0n) is 74.0. The first-order chi connectivity index (χ1) is 62.1. The molecule has 1 aromatic rings. The first-order valence-electron chi connectivity index (χ1n) is 45.3. The van der Waals surface area contributed by atoms with Gasteiger partial charge in [-0.3, -0.25) is 0 Å². The molecule has 0 aromatic heterocycles. The number of benzene rings is 1. The van der Waals surface area contributed by atoms with Gasteiger partial charge < -0.3 is 220 Å². The van der Waals surface area contributed by atoms with E-state index in [1.54, 1.807) is 24.3 Å². The number of ether oxygens (including phenoxy) is 13. The fourth-order valence-electron chi connectivity index (χ4n) is 16.5. The molecule has 0 saturated carbocycles. The lowest BCUT2D eigenvalue weighted by molar-refractivity contribution is -0.365. The Balaban J connectivity index is 1.54. The van der Waals surface area contributed by atoms with Gasteiger partial charge in [0.1, 0.15) is 140 Å². The number of hydrogen-bond donors (Lipinski definition) is 31. The highest BCUT2D eigenvalue weighted by atomic mass is 16.8. The van der Waals surface area contributed by atoms with Gasteiger partial charge in [0.15, 0.2) is 66.0 Å². The lowest BCUT2D eigenvalue weighted by Gasteiger charge is -2.47. The molecule has 0 amide bonds. The van der Waals surface area contributed by atoms with E-state index in [0.717, 1.165) is 89.9 Å². The van der Waals surface area contributed by atoms with E-state index >= 15 is 0 Å². The summed E-state index contributed by atoms with van der Waals surface area (Å²) >= 11 is 0. The highest BCUT2D eigenvalue weighted by Gasteiger charge is 2.55. The molecule has 44 nitrogen and oxygen atoms in total. The van der Waals surface area contributed by atoms with Crippen molar-refractivity contribution in [1.82, 2.24) is 0 Å². The lowest BCUT2D eigenvalue weighted by Crippen LogP contribution is -2.65. The van der Waals surface area contributed by atoms with Gasteiger partial charge in [0.05, 0.1) is 59.5 Å². The Hall–Kier alpha value is -4.28. The topological polar surface area (TPSA) is 747 Å². The van der Waals surface area contributed by atoms with Gasteiger partial charge in [0.25, 0.3) is 0 Å². The number of hydrogen-bond acceptors (Lipinski definition) is 44. The van der Waals surface area contributed by atoms with E-state index in [9.17, 15) is 158 Å². The highest BCUT2D eigenvalue weighted by molar-refractivity contribution is 5.30. The Bertz CT molecular complexity index is 3260. The van der Waals surface area contributed by atoms with Crippen LogP contribution in [0.25, 0.3) is 0 Å². The van der Waals surface area contributed by atoms with E-state index in [2.05, 4.69) is 13.8 Å². The van der Waals surface area contributed by atoms with Crippen LogP contribution in [-0.4, -0.2) is 428 Å². The van der Waals surface area contributed by atoms with Gasteiger partial charge in [-0.2, -0.15) is 0 Å². The fraction of sp³-hybridized carbons (Fsp3) is 0.860. The summed E-state index contributed by atoms with van der Waals surface area (Å²) in [6.07, 6.45) is -47.6. The Morgan fingerprint density at radius 3 is 0.992 bits per heavy atom. The number of rotatable bonds is 63. The Labute approximate surface area is 755 Å². The van der Waals surface area contributed by atoms with Crippen LogP contribution in [0.2, 0.25) is 0 Å². The van der Waals surface area contributed by atoms with E-state index in [-0.39, 0.29) is 32.1 Å². The molecule has 5 fully saturated rings. The zero-order chi connectivity index (χ0) is 96.1. The predicted molar refractivity (Wildman–Crippen MR) is 448 cm³/mol. The van der Waals surface area contributed by atoms with Crippen LogP contribution in [-0.2, 0) is 74.4 Å². The monoisotopic (exact) mass is 1890 g/mol. The van der Waals surface area contributed by atoms with Crippen LogP contribution in [0.5, 0.6) is 0 Å². The molecule has 0 aliphatic carbocycles. The Morgan fingerprint density at radius 1 is 0.323 bits per heavy atom. The van der Waals surface area contributed by atoms with Crippen molar-refractivity contribution in [1.29, 1.82) is 0 Å². The normalized spacial score (nSPS) is 32.9. The smallest absolute Gasteiger partial charge is 0.218 e. The van der Waals surface area contributed by atoms with E-state index in [4.69, 9.17) is 61.6 Å². The SMILES string of the molecule is CCCCCCCCCCCCC(CO[C@@H]1OC(CO)[C@@H](O[C@H]2OC(CO)[C@@H](O)C(O)C2O)C(O)C1O)(CO[C@@H]1OC(CO)[C@@H](O[C@@H]2OC(CO)[C@@H](O)C(O)C2O)C(O)C1O)Cc1ccccc1CC(CCCCCCCCCCCC)(CO[C@H](O)/C(O)=C(/O)[C@@H](CCO)O[C@@H]1OC(CO)[C@@H](O)C(O)C1O)CO[C@H](O)/C(O)=C(\O)[C@@H](CCO)O[C@H](O)/C(O)=C(/O)[C@H](O)CCO. The molecule has 44 heteroatoms. The third-order valence-electron chi connectivity index (χ3n) is 24.5. The molecule has 5 saturated heterocycles. The second kappa shape index (κ2) is 58.5. The van der Waals surface area contributed by atoms with Crippen molar-refractivity contribution in [3.63, 3.8) is 0 Å². The van der Waals surface area contributed by atoms with Crippen molar-refractivity contribution in [2.45, 2.75) is 378 Å². The van der Waals surface area contributed by atoms with Crippen LogP contribution in [0, 0.1) is 10.8 Å². The molecule has 6 rings (SSSR count). The Morgan fingerprint density at radius 2 is 0.631 bits per heavy atom. The molecular weight excluding hydrogens is 1740 g/mol. The van der Waals surface area contributed by atoms with Crippen LogP contribution in [0.4, 0.5) is 0 Å². The summed E-state index contributed by atoms with van der Waals surface area (Å²) in [6, 6.07) is 6.52. The zero-order valence-corrected chi connectivity index (χ0v) is 74.0. The van der Waals surface area contributed by atoms with Crippen molar-refractivity contribution in [3.05, 3.63) is 69.9 Å². The van der Waals surface area contributed by atoms with Crippen LogP contribution in [0.3, 0.4) is 0 Å². The maximum absolute atomic E-state index is 12.2. The summed E-state index contributed by atoms with van der Waals surface area (Å²) in [4.78, 5) is 0. The van der Waals surface area contributed by atoms with Gasteiger partial charge in [0.2, 0.25) is 18.9 Å². The van der Waals surface area contributed by atoms with Crippen LogP contribution < -0.4 is 0 Å². The molecule has 130 heavy (non-hydrogen) atoms. The maximum Gasteiger partial charge on any atom is 0.218 e. The second-order valence-electron chi connectivity index (χ2n) is 34.6. The largest absolute Gasteiger partial charge is 0.506 e. The van der Waals surface area contributed by atoms with Crippen molar-refractivity contribution in [2.24, 2.45) is 10.8 Å². The molecule has 33 atom stereocenters. The average molecular weight is 1890 g/mol. The summed E-state index contributed by atoms with van der Waals surface area (Å²) in [6.45, 7) is -5.85. The molecule has 5 aliphatic heterocycles. The van der Waals surface area contributed by atoms with E-state index in [1.807, 2.05) is 0 Å². The maximum atomic E-state index is 12.2. The molecule has 17 unspecified atom stereocenters. The molecule has 5 heterocycles. The fourth-order valence-corrected chi connectivity index (χ4v) is 16.5. The number of aliphatic hydroxyl groups excluding tert-OH is 31. The van der Waals surface area contributed by atoms with Crippen LogP contribution in [0.1, 0.15) is 185 Å². The van der Waals surface area contributed by atoms with Crippen LogP contribution >= 0.6 is 0 Å². The molecule has 31 N–H and O–H groups in total. The first kappa shape index (κ1) is 114. The molecule has 1 aromatic carbocycles. The summed E-state index contributed by atoms with van der Waals surface area (Å²) < 4.78 is 77.2. The van der Waals surface area contributed by atoms with Gasteiger partial charge in [-0.25, -0.2) is 0 Å². The molecule has 5 aliphatic rings. The predicted octanol–water partition coefficient (Wildman–Crippen LogP) is -3.30. The molecule has 0 bridgehead atoms. The quantitative estimate of drug-likeness (QED) is 0.0173. The van der Waals surface area contributed by atoms with Gasteiger partial charge in [-0.05, 0) is 36.8 Å². The molecule has 0 spiro atoms. The van der Waals surface area contributed by atoms with E-state index < -0.39 is 335 Å².